The van der Waals surface area contributed by atoms with E-state index >= 15 is 0 Å². The Kier molecular flexibility index (Phi) is 11.1. The molecule has 3 aromatic rings. The number of hydrazine groups is 1. The molecule has 2 fully saturated rings. The van der Waals surface area contributed by atoms with E-state index in [0.29, 0.717) is 12.1 Å². The first-order valence-corrected chi connectivity index (χ1v) is 15.8. The van der Waals surface area contributed by atoms with E-state index in [9.17, 15) is 14.4 Å². The minimum absolute atomic E-state index is 0.0000470. The maximum absolute atomic E-state index is 13.0. The molecule has 2 saturated heterocycles. The predicted octanol–water partition coefficient (Wildman–Crippen LogP) is 4.34. The van der Waals surface area contributed by atoms with Crippen LogP contribution in [-0.2, 0) is 16.1 Å². The molecule has 10 nitrogen and oxygen atoms in total. The minimum Gasteiger partial charge on any atom is -0.445 e. The van der Waals surface area contributed by atoms with Gasteiger partial charge in [0.1, 0.15) is 6.10 Å². The van der Waals surface area contributed by atoms with Gasteiger partial charge in [-0.1, -0.05) is 60.7 Å². The number of likely N-dealkylation sites (tertiary alicyclic amines) is 2. The number of hydrogen-bond acceptors (Lipinski definition) is 7. The molecule has 0 unspecified atom stereocenters. The molecule has 0 aromatic heterocycles. The molecule has 2 aliphatic heterocycles. The second-order valence-electron chi connectivity index (χ2n) is 12.0. The summed E-state index contributed by atoms with van der Waals surface area (Å²) in [6.07, 6.45) is 2.44. The van der Waals surface area contributed by atoms with E-state index in [0.717, 1.165) is 87.3 Å². The lowest BCUT2D eigenvalue weighted by Crippen LogP contribution is -2.43. The lowest BCUT2D eigenvalue weighted by atomic mass is 9.96. The van der Waals surface area contributed by atoms with Crippen molar-refractivity contribution in [3.8, 4) is 11.1 Å². The molecule has 3 amide bonds. The summed E-state index contributed by atoms with van der Waals surface area (Å²) in [6.45, 7) is 5.50. The van der Waals surface area contributed by atoms with Crippen LogP contribution in [0.2, 0.25) is 0 Å². The van der Waals surface area contributed by atoms with Crippen LogP contribution in [0.4, 0.5) is 10.5 Å². The van der Waals surface area contributed by atoms with Crippen LogP contribution in [0, 0.1) is 5.92 Å². The Labute approximate surface area is 265 Å². The Morgan fingerprint density at radius 2 is 1.49 bits per heavy atom. The number of nitrogens with two attached hydrogens (primary N) is 1. The third-order valence-electron chi connectivity index (χ3n) is 8.81. The van der Waals surface area contributed by atoms with Gasteiger partial charge in [0.05, 0.1) is 5.69 Å². The Hall–Kier alpha value is -4.41. The number of anilines is 1. The number of benzene rings is 3. The van der Waals surface area contributed by atoms with E-state index in [1.165, 1.54) is 0 Å². The average Bonchev–Trinajstić information content (AvgIpc) is 3.07. The predicted molar refractivity (Wildman–Crippen MR) is 175 cm³/mol. The van der Waals surface area contributed by atoms with Crippen LogP contribution in [-0.4, -0.2) is 85.0 Å². The zero-order valence-corrected chi connectivity index (χ0v) is 26.0. The second-order valence-corrected chi connectivity index (χ2v) is 12.0. The summed E-state index contributed by atoms with van der Waals surface area (Å²) in [7, 11) is 1.84. The number of nitrogens with zero attached hydrogens (tertiary/aromatic N) is 3. The maximum atomic E-state index is 13.0. The number of piperidine rings is 2. The number of nitrogens with one attached hydrogen (secondary N) is 2. The van der Waals surface area contributed by atoms with Gasteiger partial charge in [0.15, 0.2) is 0 Å². The van der Waals surface area contributed by atoms with Gasteiger partial charge in [-0.3, -0.25) is 19.9 Å². The molecule has 4 N–H and O–H groups in total. The number of carbonyl (C=O) groups excluding carboxylic acids is 3. The fourth-order valence-electron chi connectivity index (χ4n) is 6.01. The summed E-state index contributed by atoms with van der Waals surface area (Å²) in [6, 6.07) is 25.6. The highest BCUT2D eigenvalue weighted by molar-refractivity contribution is 5.94. The number of likely N-dealkylation sites (N-methyl/N-ethyl adjacent to an activating group) is 1. The van der Waals surface area contributed by atoms with Gasteiger partial charge in [-0.2, -0.15) is 0 Å². The fraction of sp³-hybridized carbons (Fsp3) is 0.400. The van der Waals surface area contributed by atoms with Crippen molar-refractivity contribution < 1.29 is 19.1 Å². The topological polar surface area (TPSA) is 120 Å². The third-order valence-corrected chi connectivity index (χ3v) is 8.81. The first-order valence-electron chi connectivity index (χ1n) is 15.8. The molecule has 0 saturated carbocycles. The Morgan fingerprint density at radius 3 is 2.18 bits per heavy atom. The summed E-state index contributed by atoms with van der Waals surface area (Å²) < 4.78 is 5.67. The largest absolute Gasteiger partial charge is 0.445 e. The molecular formula is C35H44N6O4. The molecule has 0 radical (unpaired) electrons. The molecule has 5 rings (SSSR count). The molecule has 3 aromatic carbocycles. The molecule has 45 heavy (non-hydrogen) atoms. The average molecular weight is 613 g/mol. The number of para-hydroxylation sites is 1. The third kappa shape index (κ3) is 9.06. The Morgan fingerprint density at radius 1 is 0.844 bits per heavy atom. The summed E-state index contributed by atoms with van der Waals surface area (Å²) in [4.78, 5) is 43.4. The molecular weight excluding hydrogens is 568 g/mol. The van der Waals surface area contributed by atoms with Crippen LogP contribution in [0.15, 0.2) is 78.9 Å². The van der Waals surface area contributed by atoms with Gasteiger partial charge in [0.25, 0.3) is 5.91 Å². The lowest BCUT2D eigenvalue weighted by Gasteiger charge is -2.32. The highest BCUT2D eigenvalue weighted by Gasteiger charge is 2.24. The van der Waals surface area contributed by atoms with E-state index in [2.05, 4.69) is 20.7 Å². The number of primary amides is 1. The number of hydrogen-bond donors (Lipinski definition) is 3. The monoisotopic (exact) mass is 612 g/mol. The van der Waals surface area contributed by atoms with Crippen LogP contribution < -0.4 is 16.6 Å². The van der Waals surface area contributed by atoms with Gasteiger partial charge < -0.3 is 20.3 Å². The van der Waals surface area contributed by atoms with Gasteiger partial charge in [-0.05, 0) is 68.1 Å². The molecule has 238 valence electrons. The van der Waals surface area contributed by atoms with Crippen LogP contribution in [0.1, 0.15) is 41.6 Å². The van der Waals surface area contributed by atoms with Crippen molar-refractivity contribution in [2.24, 2.45) is 11.7 Å². The van der Waals surface area contributed by atoms with Crippen molar-refractivity contribution in [1.29, 1.82) is 0 Å². The van der Waals surface area contributed by atoms with Crippen molar-refractivity contribution >= 4 is 23.6 Å². The number of carbonyl (C=O) groups is 3. The lowest BCUT2D eigenvalue weighted by molar-refractivity contribution is -0.123. The highest BCUT2D eigenvalue weighted by atomic mass is 16.6. The van der Waals surface area contributed by atoms with E-state index < -0.39 is 6.09 Å². The standard InChI is InChI=1S/C35H44N6O4/c1-39(34(43)29-13-11-26(12-14-29)25-41-19-15-28(16-20-41)33(36)42)23-24-40-21-17-30(18-22-40)45-35(44)38-37-32-10-6-5-9-31(32)27-7-3-2-4-8-27/h2-14,28,30,37H,15-25H2,1H3,(H2,36,42)(H,38,44). The van der Waals surface area contributed by atoms with E-state index in [4.69, 9.17) is 10.5 Å². The summed E-state index contributed by atoms with van der Waals surface area (Å²) in [5.74, 6) is -0.212. The van der Waals surface area contributed by atoms with Crippen LogP contribution in [0.5, 0.6) is 0 Å². The van der Waals surface area contributed by atoms with Crippen molar-refractivity contribution in [3.05, 3.63) is 90.0 Å². The van der Waals surface area contributed by atoms with Gasteiger partial charge in [0, 0.05) is 56.8 Å². The quantitative estimate of drug-likeness (QED) is 0.276. The van der Waals surface area contributed by atoms with Crippen LogP contribution >= 0.6 is 0 Å². The van der Waals surface area contributed by atoms with Crippen molar-refractivity contribution in [1.82, 2.24) is 20.1 Å². The molecule has 2 aliphatic rings. The molecule has 0 atom stereocenters. The van der Waals surface area contributed by atoms with Gasteiger partial charge in [-0.25, -0.2) is 10.2 Å². The van der Waals surface area contributed by atoms with Crippen molar-refractivity contribution in [2.75, 3.05) is 51.7 Å². The zero-order valence-electron chi connectivity index (χ0n) is 26.0. The molecule has 2 heterocycles. The summed E-state index contributed by atoms with van der Waals surface area (Å²) in [5.41, 5.74) is 15.8. The molecule has 0 aliphatic carbocycles. The number of amides is 3. The SMILES string of the molecule is CN(CCN1CCC(OC(=O)NNc2ccccc2-c2ccccc2)CC1)C(=O)c1ccc(CN2CCC(C(N)=O)CC2)cc1. The van der Waals surface area contributed by atoms with Gasteiger partial charge >= 0.3 is 6.09 Å². The first-order chi connectivity index (χ1) is 21.9. The van der Waals surface area contributed by atoms with Crippen LogP contribution in [0.3, 0.4) is 0 Å². The highest BCUT2D eigenvalue weighted by Crippen LogP contribution is 2.27. The van der Waals surface area contributed by atoms with E-state index in [1.54, 1.807) is 4.90 Å². The van der Waals surface area contributed by atoms with Gasteiger partial charge in [0.2, 0.25) is 5.91 Å². The Balaban J connectivity index is 0.990. The molecule has 0 spiro atoms. The van der Waals surface area contributed by atoms with Crippen molar-refractivity contribution in [2.45, 2.75) is 38.3 Å². The number of rotatable bonds is 11. The van der Waals surface area contributed by atoms with E-state index in [-0.39, 0.29) is 23.8 Å². The summed E-state index contributed by atoms with van der Waals surface area (Å²) in [5, 5.41) is 0. The second kappa shape index (κ2) is 15.5. The van der Waals surface area contributed by atoms with Crippen LogP contribution in [0.25, 0.3) is 11.1 Å². The normalized spacial score (nSPS) is 16.6. The van der Waals surface area contributed by atoms with Gasteiger partial charge in [-0.15, -0.1) is 0 Å². The maximum Gasteiger partial charge on any atom is 0.426 e. The minimum atomic E-state index is -0.500. The van der Waals surface area contributed by atoms with Crippen molar-refractivity contribution in [3.63, 3.8) is 0 Å². The number of ether oxygens (including phenoxy) is 1. The molecule has 0 bridgehead atoms. The Bertz CT molecular complexity index is 1420. The smallest absolute Gasteiger partial charge is 0.426 e. The fourth-order valence-corrected chi connectivity index (χ4v) is 6.01. The van der Waals surface area contributed by atoms with E-state index in [1.807, 2.05) is 85.9 Å². The zero-order chi connectivity index (χ0) is 31.6. The molecule has 10 heteroatoms. The first kappa shape index (κ1) is 32.0. The summed E-state index contributed by atoms with van der Waals surface area (Å²) >= 11 is 0.